The van der Waals surface area contributed by atoms with Crippen LogP contribution in [0.25, 0.3) is 0 Å². The van der Waals surface area contributed by atoms with Crippen LogP contribution in [0, 0.1) is 13.8 Å². The quantitative estimate of drug-likeness (QED) is 0.754. The van der Waals surface area contributed by atoms with Crippen molar-refractivity contribution in [2.24, 2.45) is 0 Å². The van der Waals surface area contributed by atoms with E-state index in [9.17, 15) is 5.11 Å². The Labute approximate surface area is 104 Å². The monoisotopic (exact) mass is 230 g/mol. The molecular formula is C16H22O. The van der Waals surface area contributed by atoms with Crippen LogP contribution in [0.5, 0.6) is 0 Å². The standard InChI is InChI=1S/C16H22O/c1-12-9-10-15(11-13(12)2)16(17)14-7-5-3-4-6-8-14/h7,9-11,16-17H,3-6,8H2,1-2H3. The highest BCUT2D eigenvalue weighted by atomic mass is 16.3. The second-order valence-electron chi connectivity index (χ2n) is 5.12. The molecule has 1 aliphatic rings. The first kappa shape index (κ1) is 12.4. The molecule has 0 spiro atoms. The summed E-state index contributed by atoms with van der Waals surface area (Å²) in [6, 6.07) is 6.27. The summed E-state index contributed by atoms with van der Waals surface area (Å²) in [4.78, 5) is 0. The van der Waals surface area contributed by atoms with E-state index in [-0.39, 0.29) is 0 Å². The topological polar surface area (TPSA) is 20.2 Å². The third-order valence-corrected chi connectivity index (χ3v) is 3.77. The van der Waals surface area contributed by atoms with Gasteiger partial charge in [0.1, 0.15) is 6.10 Å². The number of benzene rings is 1. The Hall–Kier alpha value is -1.08. The number of allylic oxidation sites excluding steroid dienone is 1. The molecule has 1 unspecified atom stereocenters. The molecule has 92 valence electrons. The second-order valence-corrected chi connectivity index (χ2v) is 5.12. The van der Waals surface area contributed by atoms with Gasteiger partial charge in [-0.3, -0.25) is 0 Å². The average molecular weight is 230 g/mol. The molecule has 0 aliphatic heterocycles. The molecule has 1 nitrogen and oxygen atoms in total. The average Bonchev–Trinajstić information content (AvgIpc) is 2.60. The summed E-state index contributed by atoms with van der Waals surface area (Å²) >= 11 is 0. The van der Waals surface area contributed by atoms with Gasteiger partial charge in [0.05, 0.1) is 0 Å². The Balaban J connectivity index is 2.20. The zero-order valence-electron chi connectivity index (χ0n) is 10.9. The van der Waals surface area contributed by atoms with E-state index in [0.29, 0.717) is 0 Å². The predicted octanol–water partition coefficient (Wildman–Crippen LogP) is 4.23. The van der Waals surface area contributed by atoms with Crippen LogP contribution in [-0.2, 0) is 0 Å². The molecule has 0 radical (unpaired) electrons. The van der Waals surface area contributed by atoms with Gasteiger partial charge in [-0.15, -0.1) is 0 Å². The lowest BCUT2D eigenvalue weighted by molar-refractivity contribution is 0.210. The van der Waals surface area contributed by atoms with E-state index in [2.05, 4.69) is 38.1 Å². The minimum Gasteiger partial charge on any atom is -0.384 e. The van der Waals surface area contributed by atoms with Crippen molar-refractivity contribution in [2.45, 2.75) is 52.1 Å². The summed E-state index contributed by atoms with van der Waals surface area (Å²) in [5.74, 6) is 0. The molecule has 0 bridgehead atoms. The van der Waals surface area contributed by atoms with Crippen molar-refractivity contribution < 1.29 is 5.11 Å². The Morgan fingerprint density at radius 2 is 1.88 bits per heavy atom. The largest absolute Gasteiger partial charge is 0.384 e. The molecule has 1 N–H and O–H groups in total. The fourth-order valence-corrected chi connectivity index (χ4v) is 2.44. The van der Waals surface area contributed by atoms with Gasteiger partial charge >= 0.3 is 0 Å². The SMILES string of the molecule is Cc1ccc(C(O)C2=CCCCCC2)cc1C. The van der Waals surface area contributed by atoms with Gasteiger partial charge in [-0.25, -0.2) is 0 Å². The summed E-state index contributed by atoms with van der Waals surface area (Å²) < 4.78 is 0. The summed E-state index contributed by atoms with van der Waals surface area (Å²) in [5, 5.41) is 10.4. The van der Waals surface area contributed by atoms with Gasteiger partial charge in [0.25, 0.3) is 0 Å². The lowest BCUT2D eigenvalue weighted by atomic mass is 9.95. The fraction of sp³-hybridized carbons (Fsp3) is 0.500. The molecule has 0 heterocycles. The molecule has 0 saturated carbocycles. The number of hydrogen-bond acceptors (Lipinski definition) is 1. The second kappa shape index (κ2) is 5.50. The molecule has 2 rings (SSSR count). The van der Waals surface area contributed by atoms with Crippen LogP contribution in [0.4, 0.5) is 0 Å². The zero-order chi connectivity index (χ0) is 12.3. The van der Waals surface area contributed by atoms with Crippen LogP contribution in [0.2, 0.25) is 0 Å². The third kappa shape index (κ3) is 2.98. The first-order valence-electron chi connectivity index (χ1n) is 6.62. The van der Waals surface area contributed by atoms with Crippen LogP contribution in [0.1, 0.15) is 54.9 Å². The first-order valence-corrected chi connectivity index (χ1v) is 6.62. The normalized spacial score (nSPS) is 18.4. The maximum atomic E-state index is 10.4. The molecule has 17 heavy (non-hydrogen) atoms. The molecular weight excluding hydrogens is 208 g/mol. The van der Waals surface area contributed by atoms with Gasteiger partial charge in [-0.2, -0.15) is 0 Å². The highest BCUT2D eigenvalue weighted by molar-refractivity contribution is 5.34. The van der Waals surface area contributed by atoms with Crippen LogP contribution in [-0.4, -0.2) is 5.11 Å². The lowest BCUT2D eigenvalue weighted by Crippen LogP contribution is -2.02. The van der Waals surface area contributed by atoms with Crippen LogP contribution in [0.3, 0.4) is 0 Å². The molecule has 1 heteroatoms. The molecule has 0 fully saturated rings. The summed E-state index contributed by atoms with van der Waals surface area (Å²) in [7, 11) is 0. The third-order valence-electron chi connectivity index (χ3n) is 3.77. The van der Waals surface area contributed by atoms with Crippen molar-refractivity contribution in [3.63, 3.8) is 0 Å². The van der Waals surface area contributed by atoms with Crippen LogP contribution < -0.4 is 0 Å². The van der Waals surface area contributed by atoms with Crippen molar-refractivity contribution in [3.05, 3.63) is 46.5 Å². The predicted molar refractivity (Wildman–Crippen MR) is 72.0 cm³/mol. The van der Waals surface area contributed by atoms with Crippen molar-refractivity contribution in [2.75, 3.05) is 0 Å². The lowest BCUT2D eigenvalue weighted by Gasteiger charge is -2.16. The number of aliphatic hydroxyl groups excluding tert-OH is 1. The maximum Gasteiger partial charge on any atom is 0.100 e. The van der Waals surface area contributed by atoms with E-state index in [1.807, 2.05) is 0 Å². The Kier molecular flexibility index (Phi) is 4.01. The van der Waals surface area contributed by atoms with Gasteiger partial charge in [0, 0.05) is 0 Å². The van der Waals surface area contributed by atoms with Gasteiger partial charge in [0.2, 0.25) is 0 Å². The minimum atomic E-state index is -0.396. The van der Waals surface area contributed by atoms with E-state index in [1.165, 1.54) is 36.0 Å². The van der Waals surface area contributed by atoms with Gasteiger partial charge in [0.15, 0.2) is 0 Å². The van der Waals surface area contributed by atoms with E-state index >= 15 is 0 Å². The number of aryl methyl sites for hydroxylation is 2. The highest BCUT2D eigenvalue weighted by Crippen LogP contribution is 2.29. The van der Waals surface area contributed by atoms with E-state index < -0.39 is 6.10 Å². The van der Waals surface area contributed by atoms with E-state index in [4.69, 9.17) is 0 Å². The van der Waals surface area contributed by atoms with Crippen molar-refractivity contribution in [1.82, 2.24) is 0 Å². The van der Waals surface area contributed by atoms with E-state index in [1.54, 1.807) is 0 Å². The van der Waals surface area contributed by atoms with E-state index in [0.717, 1.165) is 18.4 Å². The number of aliphatic hydroxyl groups is 1. The summed E-state index contributed by atoms with van der Waals surface area (Å²) in [6.07, 6.45) is 7.79. The molecule has 1 aliphatic carbocycles. The number of hydrogen-bond donors (Lipinski definition) is 1. The van der Waals surface area contributed by atoms with Gasteiger partial charge < -0.3 is 5.11 Å². The van der Waals surface area contributed by atoms with Crippen molar-refractivity contribution >= 4 is 0 Å². The van der Waals surface area contributed by atoms with Crippen LogP contribution in [0.15, 0.2) is 29.8 Å². The molecule has 0 aromatic heterocycles. The van der Waals surface area contributed by atoms with Crippen molar-refractivity contribution in [1.29, 1.82) is 0 Å². The van der Waals surface area contributed by atoms with Gasteiger partial charge in [-0.1, -0.05) is 30.7 Å². The molecule has 1 aromatic carbocycles. The summed E-state index contributed by atoms with van der Waals surface area (Å²) in [5.41, 5.74) is 4.80. The maximum absolute atomic E-state index is 10.4. The summed E-state index contributed by atoms with van der Waals surface area (Å²) in [6.45, 7) is 4.21. The fourth-order valence-electron chi connectivity index (χ4n) is 2.44. The van der Waals surface area contributed by atoms with Gasteiger partial charge in [-0.05, 0) is 61.8 Å². The Bertz CT molecular complexity index is 418. The molecule has 1 atom stereocenters. The zero-order valence-corrected chi connectivity index (χ0v) is 10.9. The number of rotatable bonds is 2. The van der Waals surface area contributed by atoms with Crippen LogP contribution >= 0.6 is 0 Å². The minimum absolute atomic E-state index is 0.396. The van der Waals surface area contributed by atoms with Crippen molar-refractivity contribution in [3.8, 4) is 0 Å². The molecule has 0 amide bonds. The highest BCUT2D eigenvalue weighted by Gasteiger charge is 2.14. The first-order chi connectivity index (χ1) is 8.18. The Morgan fingerprint density at radius 1 is 1.06 bits per heavy atom. The smallest absolute Gasteiger partial charge is 0.100 e. The molecule has 0 saturated heterocycles. The molecule has 1 aromatic rings. The Morgan fingerprint density at radius 3 is 2.65 bits per heavy atom.